The molecule has 0 unspecified atom stereocenters. The van der Waals surface area contributed by atoms with Crippen LogP contribution in [0.15, 0.2) is 24.3 Å². The van der Waals surface area contributed by atoms with Gasteiger partial charge in [-0.1, -0.05) is 0 Å². The normalized spacial score (nSPS) is 17.0. The predicted molar refractivity (Wildman–Crippen MR) is 73.3 cm³/mol. The van der Waals surface area contributed by atoms with Gasteiger partial charge in [0, 0.05) is 17.7 Å². The molecule has 0 radical (unpaired) electrons. The van der Waals surface area contributed by atoms with Crippen LogP contribution in [0.4, 0.5) is 10.5 Å². The van der Waals surface area contributed by atoms with Crippen LogP contribution in [0.3, 0.4) is 0 Å². The van der Waals surface area contributed by atoms with Crippen LogP contribution in [0, 0.1) is 0 Å². The van der Waals surface area contributed by atoms with Crippen molar-refractivity contribution in [3.63, 3.8) is 0 Å². The Kier molecular flexibility index (Phi) is 4.17. The van der Waals surface area contributed by atoms with Crippen molar-refractivity contribution in [1.82, 2.24) is 10.6 Å². The van der Waals surface area contributed by atoms with Crippen LogP contribution in [-0.2, 0) is 9.59 Å². The molecule has 1 aromatic rings. The lowest BCUT2D eigenvalue weighted by Gasteiger charge is -2.08. The summed E-state index contributed by atoms with van der Waals surface area (Å²) in [5.41, 5.74) is 5.97. The van der Waals surface area contributed by atoms with E-state index < -0.39 is 23.9 Å². The van der Waals surface area contributed by atoms with Crippen molar-refractivity contribution in [2.45, 2.75) is 18.9 Å². The maximum atomic E-state index is 11.7. The number of nitrogens with two attached hydrogens (primary N) is 1. The molecule has 110 valence electrons. The summed E-state index contributed by atoms with van der Waals surface area (Å²) in [6.45, 7) is 0. The molecule has 1 fully saturated rings. The number of nitrogens with one attached hydrogen (secondary N) is 3. The molecule has 8 heteroatoms. The van der Waals surface area contributed by atoms with Crippen molar-refractivity contribution in [1.29, 1.82) is 0 Å². The zero-order valence-electron chi connectivity index (χ0n) is 11.0. The zero-order valence-corrected chi connectivity index (χ0v) is 11.0. The second-order valence-electron chi connectivity index (χ2n) is 4.54. The van der Waals surface area contributed by atoms with E-state index >= 15 is 0 Å². The van der Waals surface area contributed by atoms with Crippen LogP contribution >= 0.6 is 0 Å². The Morgan fingerprint density at radius 2 is 1.86 bits per heavy atom. The number of imide groups is 1. The molecule has 1 heterocycles. The molecule has 8 nitrogen and oxygen atoms in total. The number of urea groups is 1. The van der Waals surface area contributed by atoms with Crippen molar-refractivity contribution < 1.29 is 19.2 Å². The summed E-state index contributed by atoms with van der Waals surface area (Å²) in [7, 11) is 0. The van der Waals surface area contributed by atoms with E-state index in [0.717, 1.165) is 0 Å². The Morgan fingerprint density at radius 1 is 1.19 bits per heavy atom. The largest absolute Gasteiger partial charge is 0.366 e. The molecular formula is C13H14N4O4. The summed E-state index contributed by atoms with van der Waals surface area (Å²) in [5.74, 6) is -1.27. The van der Waals surface area contributed by atoms with Crippen molar-refractivity contribution in [3.8, 4) is 0 Å². The number of primary amides is 1. The maximum Gasteiger partial charge on any atom is 0.322 e. The summed E-state index contributed by atoms with van der Waals surface area (Å²) >= 11 is 0. The van der Waals surface area contributed by atoms with Crippen LogP contribution in [0.2, 0.25) is 0 Å². The fourth-order valence-corrected chi connectivity index (χ4v) is 1.88. The third-order valence-corrected chi connectivity index (χ3v) is 2.97. The molecule has 1 aliphatic rings. The Hall–Kier alpha value is -2.90. The van der Waals surface area contributed by atoms with Gasteiger partial charge in [-0.3, -0.25) is 19.7 Å². The number of carbonyl (C=O) groups is 4. The quantitative estimate of drug-likeness (QED) is 0.555. The van der Waals surface area contributed by atoms with Crippen LogP contribution in [0.1, 0.15) is 23.2 Å². The second kappa shape index (κ2) is 6.04. The Balaban J connectivity index is 1.83. The van der Waals surface area contributed by atoms with Crippen molar-refractivity contribution >= 4 is 29.4 Å². The molecule has 1 aliphatic heterocycles. The lowest BCUT2D eigenvalue weighted by atomic mass is 10.1. The fraction of sp³-hybridized carbons (Fsp3) is 0.231. The van der Waals surface area contributed by atoms with Crippen LogP contribution in [-0.4, -0.2) is 29.8 Å². The molecule has 0 aromatic heterocycles. The zero-order chi connectivity index (χ0) is 15.4. The highest BCUT2D eigenvalue weighted by atomic mass is 16.2. The van der Waals surface area contributed by atoms with Gasteiger partial charge in [0.25, 0.3) is 5.91 Å². The van der Waals surface area contributed by atoms with E-state index in [1.165, 1.54) is 12.1 Å². The van der Waals surface area contributed by atoms with Crippen molar-refractivity contribution in [3.05, 3.63) is 29.8 Å². The highest BCUT2D eigenvalue weighted by molar-refractivity contribution is 6.04. The Labute approximate surface area is 120 Å². The van der Waals surface area contributed by atoms with Gasteiger partial charge in [-0.15, -0.1) is 0 Å². The molecule has 1 saturated heterocycles. The first kappa shape index (κ1) is 14.5. The number of carbonyl (C=O) groups excluding carboxylic acids is 4. The minimum absolute atomic E-state index is 0.0793. The lowest BCUT2D eigenvalue weighted by molar-refractivity contribution is -0.120. The Morgan fingerprint density at radius 3 is 2.38 bits per heavy atom. The van der Waals surface area contributed by atoms with E-state index in [-0.39, 0.29) is 18.7 Å². The highest BCUT2D eigenvalue weighted by Crippen LogP contribution is 2.11. The molecule has 0 spiro atoms. The maximum absolute atomic E-state index is 11.7. The van der Waals surface area contributed by atoms with Gasteiger partial charge in [-0.05, 0) is 30.7 Å². The van der Waals surface area contributed by atoms with Gasteiger partial charge in [0.1, 0.15) is 6.04 Å². The van der Waals surface area contributed by atoms with Crippen molar-refractivity contribution in [2.75, 3.05) is 5.32 Å². The average molecular weight is 290 g/mol. The van der Waals surface area contributed by atoms with Gasteiger partial charge >= 0.3 is 6.03 Å². The summed E-state index contributed by atoms with van der Waals surface area (Å²) in [6.07, 6.45) is 0.290. The van der Waals surface area contributed by atoms with E-state index in [4.69, 9.17) is 5.73 Å². The smallest absolute Gasteiger partial charge is 0.322 e. The molecule has 2 rings (SSSR count). The minimum atomic E-state index is -0.680. The summed E-state index contributed by atoms with van der Waals surface area (Å²) < 4.78 is 0. The Bertz CT molecular complexity index is 597. The first-order valence-electron chi connectivity index (χ1n) is 6.27. The monoisotopic (exact) mass is 290 g/mol. The van der Waals surface area contributed by atoms with Gasteiger partial charge < -0.3 is 16.4 Å². The average Bonchev–Trinajstić information content (AvgIpc) is 2.75. The van der Waals surface area contributed by atoms with Crippen LogP contribution < -0.4 is 21.7 Å². The first-order valence-corrected chi connectivity index (χ1v) is 6.27. The molecule has 5 N–H and O–H groups in total. The number of rotatable bonds is 5. The third-order valence-electron chi connectivity index (χ3n) is 2.97. The topological polar surface area (TPSA) is 130 Å². The van der Waals surface area contributed by atoms with Gasteiger partial charge in [-0.2, -0.15) is 0 Å². The van der Waals surface area contributed by atoms with Crippen molar-refractivity contribution in [2.24, 2.45) is 5.73 Å². The predicted octanol–water partition coefficient (Wildman–Crippen LogP) is -0.288. The summed E-state index contributed by atoms with van der Waals surface area (Å²) in [4.78, 5) is 44.8. The molecule has 1 aromatic carbocycles. The van der Waals surface area contributed by atoms with Gasteiger partial charge in [0.05, 0.1) is 0 Å². The molecule has 5 amide bonds. The second-order valence-corrected chi connectivity index (χ2v) is 4.54. The van der Waals surface area contributed by atoms with E-state index in [1.54, 1.807) is 12.1 Å². The molecule has 0 bridgehead atoms. The van der Waals surface area contributed by atoms with Gasteiger partial charge in [0.2, 0.25) is 11.8 Å². The van der Waals surface area contributed by atoms with Crippen LogP contribution in [0.25, 0.3) is 0 Å². The molecule has 1 atom stereocenters. The standard InChI is InChI=1S/C13H14N4O4/c14-11(19)7-1-3-8(4-2-7)15-10(18)6-5-9-12(20)17-13(21)16-9/h1-4,9H,5-6H2,(H2,14,19)(H,15,18)(H2,16,17,20,21)/t9-/m0/s1. The van der Waals surface area contributed by atoms with E-state index in [9.17, 15) is 19.2 Å². The third kappa shape index (κ3) is 3.78. The number of hydrogen-bond acceptors (Lipinski definition) is 4. The van der Waals surface area contributed by atoms with E-state index in [2.05, 4.69) is 16.0 Å². The minimum Gasteiger partial charge on any atom is -0.366 e. The molecule has 0 aliphatic carbocycles. The van der Waals surface area contributed by atoms with Gasteiger partial charge in [0.15, 0.2) is 0 Å². The summed E-state index contributed by atoms with van der Waals surface area (Å²) in [5, 5.41) is 7.13. The van der Waals surface area contributed by atoms with Gasteiger partial charge in [-0.25, -0.2) is 4.79 Å². The molecule has 0 saturated carbocycles. The number of benzene rings is 1. The first-order chi connectivity index (χ1) is 9.95. The number of hydrogen-bond donors (Lipinski definition) is 4. The SMILES string of the molecule is NC(=O)c1ccc(NC(=O)CC[C@@H]2NC(=O)NC2=O)cc1. The number of anilines is 1. The van der Waals surface area contributed by atoms with Crippen LogP contribution in [0.5, 0.6) is 0 Å². The highest BCUT2D eigenvalue weighted by Gasteiger charge is 2.29. The lowest BCUT2D eigenvalue weighted by Crippen LogP contribution is -2.30. The summed E-state index contributed by atoms with van der Waals surface area (Å²) in [6, 6.07) is 4.89. The molecular weight excluding hydrogens is 276 g/mol. The number of amides is 5. The van der Waals surface area contributed by atoms with E-state index in [0.29, 0.717) is 11.3 Å². The molecule has 21 heavy (non-hydrogen) atoms. The fourth-order valence-electron chi connectivity index (χ4n) is 1.88. The van der Waals surface area contributed by atoms with E-state index in [1.807, 2.05) is 0 Å².